The first-order valence-corrected chi connectivity index (χ1v) is 6.78. The van der Waals surface area contributed by atoms with Gasteiger partial charge in [0.15, 0.2) is 0 Å². The molecule has 98 valence electrons. The van der Waals surface area contributed by atoms with E-state index in [4.69, 9.17) is 5.73 Å². The van der Waals surface area contributed by atoms with Gasteiger partial charge in [-0.3, -0.25) is 4.79 Å². The lowest BCUT2D eigenvalue weighted by atomic mass is 10.2. The molecule has 1 amide bonds. The summed E-state index contributed by atoms with van der Waals surface area (Å²) in [4.78, 5) is 13.6. The summed E-state index contributed by atoms with van der Waals surface area (Å²) in [5, 5.41) is 2.61. The van der Waals surface area contributed by atoms with Gasteiger partial charge < -0.3 is 11.1 Å². The fraction of sp³-hybridized carbons (Fsp3) is 0.133. The molecule has 0 atom stereocenters. The quantitative estimate of drug-likeness (QED) is 0.844. The Morgan fingerprint density at radius 3 is 2.47 bits per heavy atom. The lowest BCUT2D eigenvalue weighted by molar-refractivity contribution is 0.0963. The van der Waals surface area contributed by atoms with Crippen molar-refractivity contribution >= 4 is 23.4 Å². The minimum absolute atomic E-state index is 0.106. The van der Waals surface area contributed by atoms with Crippen LogP contribution in [0.1, 0.15) is 15.9 Å². The van der Waals surface area contributed by atoms with Crippen LogP contribution in [-0.4, -0.2) is 13.0 Å². The molecule has 4 heteroatoms. The molecule has 2 rings (SSSR count). The standard InChI is InChI=1S/C15H16N2OS/c1-10-3-6-12(7-4-10)19-14-9-11(15(18)17-2)5-8-13(14)16/h3-9H,16H2,1-2H3,(H,17,18). The molecular formula is C15H16N2OS. The number of rotatable bonds is 3. The van der Waals surface area contributed by atoms with Gasteiger partial charge in [0.05, 0.1) is 0 Å². The molecule has 0 heterocycles. The summed E-state index contributed by atoms with van der Waals surface area (Å²) in [5.41, 5.74) is 8.47. The maximum Gasteiger partial charge on any atom is 0.251 e. The molecule has 0 aliphatic heterocycles. The van der Waals surface area contributed by atoms with Crippen molar-refractivity contribution in [2.45, 2.75) is 16.7 Å². The van der Waals surface area contributed by atoms with Crippen LogP contribution in [0, 0.1) is 6.92 Å². The second kappa shape index (κ2) is 5.80. The number of hydrogen-bond acceptors (Lipinski definition) is 3. The third-order valence-electron chi connectivity index (χ3n) is 2.75. The summed E-state index contributed by atoms with van der Waals surface area (Å²) in [7, 11) is 1.62. The largest absolute Gasteiger partial charge is 0.398 e. The van der Waals surface area contributed by atoms with Crippen LogP contribution in [0.5, 0.6) is 0 Å². The Kier molecular flexibility index (Phi) is 4.12. The molecule has 0 bridgehead atoms. The van der Waals surface area contributed by atoms with Gasteiger partial charge in [-0.2, -0.15) is 0 Å². The topological polar surface area (TPSA) is 55.1 Å². The van der Waals surface area contributed by atoms with E-state index in [9.17, 15) is 4.79 Å². The summed E-state index contributed by atoms with van der Waals surface area (Å²) >= 11 is 1.56. The van der Waals surface area contributed by atoms with Crippen LogP contribution in [-0.2, 0) is 0 Å². The zero-order chi connectivity index (χ0) is 13.8. The molecule has 0 aliphatic carbocycles. The van der Waals surface area contributed by atoms with Crippen molar-refractivity contribution < 1.29 is 4.79 Å². The number of nitrogens with two attached hydrogens (primary N) is 1. The number of hydrogen-bond donors (Lipinski definition) is 2. The van der Waals surface area contributed by atoms with E-state index in [0.29, 0.717) is 11.3 Å². The highest BCUT2D eigenvalue weighted by Crippen LogP contribution is 2.32. The number of nitrogen functional groups attached to an aromatic ring is 1. The molecule has 0 fully saturated rings. The minimum Gasteiger partial charge on any atom is -0.398 e. The Morgan fingerprint density at radius 1 is 1.16 bits per heavy atom. The van der Waals surface area contributed by atoms with E-state index in [1.54, 1.807) is 30.9 Å². The molecule has 2 aromatic carbocycles. The first kappa shape index (κ1) is 13.5. The van der Waals surface area contributed by atoms with E-state index < -0.39 is 0 Å². The van der Waals surface area contributed by atoms with Crippen LogP contribution in [0.2, 0.25) is 0 Å². The molecule has 0 aromatic heterocycles. The third-order valence-corrected chi connectivity index (χ3v) is 3.83. The van der Waals surface area contributed by atoms with Crippen molar-refractivity contribution in [3.8, 4) is 0 Å². The SMILES string of the molecule is CNC(=O)c1ccc(N)c(Sc2ccc(C)cc2)c1. The zero-order valence-corrected chi connectivity index (χ0v) is 11.8. The van der Waals surface area contributed by atoms with Crippen LogP contribution in [0.25, 0.3) is 0 Å². The molecule has 3 N–H and O–H groups in total. The molecule has 0 unspecified atom stereocenters. The Hall–Kier alpha value is -1.94. The lowest BCUT2D eigenvalue weighted by Gasteiger charge is -2.08. The Morgan fingerprint density at radius 2 is 1.84 bits per heavy atom. The van der Waals surface area contributed by atoms with Crippen LogP contribution in [0.15, 0.2) is 52.3 Å². The predicted molar refractivity (Wildman–Crippen MR) is 79.5 cm³/mol. The average Bonchev–Trinajstić information content (AvgIpc) is 2.43. The van der Waals surface area contributed by atoms with Gasteiger partial charge in [-0.1, -0.05) is 29.5 Å². The highest BCUT2D eigenvalue weighted by Gasteiger charge is 2.08. The van der Waals surface area contributed by atoms with E-state index in [1.165, 1.54) is 5.56 Å². The number of nitrogens with one attached hydrogen (secondary N) is 1. The number of carbonyl (C=O) groups excluding carboxylic acids is 1. The van der Waals surface area contributed by atoms with Crippen LogP contribution >= 0.6 is 11.8 Å². The molecule has 3 nitrogen and oxygen atoms in total. The number of benzene rings is 2. The summed E-state index contributed by atoms with van der Waals surface area (Å²) in [6.45, 7) is 2.05. The van der Waals surface area contributed by atoms with Crippen molar-refractivity contribution in [3.05, 3.63) is 53.6 Å². The van der Waals surface area contributed by atoms with Gasteiger partial charge in [0.2, 0.25) is 0 Å². The molecule has 0 spiro atoms. The fourth-order valence-corrected chi connectivity index (χ4v) is 2.54. The fourth-order valence-electron chi connectivity index (χ4n) is 1.64. The first-order chi connectivity index (χ1) is 9.10. The van der Waals surface area contributed by atoms with E-state index in [2.05, 4.69) is 24.4 Å². The smallest absolute Gasteiger partial charge is 0.251 e. The lowest BCUT2D eigenvalue weighted by Crippen LogP contribution is -2.17. The highest BCUT2D eigenvalue weighted by atomic mass is 32.2. The maximum atomic E-state index is 11.6. The minimum atomic E-state index is -0.106. The third kappa shape index (κ3) is 3.29. The van der Waals surface area contributed by atoms with Gasteiger partial charge in [-0.15, -0.1) is 0 Å². The summed E-state index contributed by atoms with van der Waals surface area (Å²) in [6, 6.07) is 13.5. The molecule has 0 saturated heterocycles. The van der Waals surface area contributed by atoms with Crippen LogP contribution < -0.4 is 11.1 Å². The molecule has 2 aromatic rings. The van der Waals surface area contributed by atoms with E-state index in [-0.39, 0.29) is 5.91 Å². The Bertz CT molecular complexity index is 594. The van der Waals surface area contributed by atoms with Crippen LogP contribution in [0.4, 0.5) is 5.69 Å². The predicted octanol–water partition coefficient (Wildman–Crippen LogP) is 3.09. The normalized spacial score (nSPS) is 10.2. The van der Waals surface area contributed by atoms with Crippen LogP contribution in [0.3, 0.4) is 0 Å². The Balaban J connectivity index is 2.28. The van der Waals surface area contributed by atoms with Crippen molar-refractivity contribution in [2.75, 3.05) is 12.8 Å². The molecule has 19 heavy (non-hydrogen) atoms. The van der Waals surface area contributed by atoms with Crippen molar-refractivity contribution in [2.24, 2.45) is 0 Å². The van der Waals surface area contributed by atoms with Gasteiger partial charge in [0, 0.05) is 28.1 Å². The van der Waals surface area contributed by atoms with Crippen molar-refractivity contribution in [1.82, 2.24) is 5.32 Å². The monoisotopic (exact) mass is 272 g/mol. The highest BCUT2D eigenvalue weighted by molar-refractivity contribution is 7.99. The second-order valence-corrected chi connectivity index (χ2v) is 5.36. The summed E-state index contributed by atoms with van der Waals surface area (Å²) in [5.74, 6) is -0.106. The first-order valence-electron chi connectivity index (χ1n) is 5.96. The van der Waals surface area contributed by atoms with Crippen molar-refractivity contribution in [3.63, 3.8) is 0 Å². The molecule has 0 radical (unpaired) electrons. The average molecular weight is 272 g/mol. The van der Waals surface area contributed by atoms with Gasteiger partial charge >= 0.3 is 0 Å². The summed E-state index contributed by atoms with van der Waals surface area (Å²) < 4.78 is 0. The summed E-state index contributed by atoms with van der Waals surface area (Å²) in [6.07, 6.45) is 0. The van der Waals surface area contributed by atoms with E-state index in [0.717, 1.165) is 9.79 Å². The number of anilines is 1. The number of carbonyl (C=O) groups is 1. The number of aryl methyl sites for hydroxylation is 1. The Labute approximate surface area is 117 Å². The van der Waals surface area contributed by atoms with Gasteiger partial charge in [0.1, 0.15) is 0 Å². The molecule has 0 aliphatic rings. The number of amides is 1. The zero-order valence-electron chi connectivity index (χ0n) is 10.9. The van der Waals surface area contributed by atoms with Gasteiger partial charge in [0.25, 0.3) is 5.91 Å². The van der Waals surface area contributed by atoms with Crippen molar-refractivity contribution in [1.29, 1.82) is 0 Å². The van der Waals surface area contributed by atoms with E-state index >= 15 is 0 Å². The second-order valence-electron chi connectivity index (χ2n) is 4.25. The molecular weight excluding hydrogens is 256 g/mol. The molecule has 0 saturated carbocycles. The maximum absolute atomic E-state index is 11.6. The van der Waals surface area contributed by atoms with E-state index in [1.807, 2.05) is 18.2 Å². The van der Waals surface area contributed by atoms with Gasteiger partial charge in [-0.25, -0.2) is 0 Å². The van der Waals surface area contributed by atoms with Gasteiger partial charge in [-0.05, 0) is 37.3 Å².